The Morgan fingerprint density at radius 2 is 1.91 bits per heavy atom. The van der Waals surface area contributed by atoms with Crippen LogP contribution in [0, 0.1) is 6.92 Å². The number of nitrogens with zero attached hydrogens (tertiary/aromatic N) is 4. The Kier molecular flexibility index (Phi) is 5.03. The lowest BCUT2D eigenvalue weighted by Crippen LogP contribution is -2.36. The Morgan fingerprint density at radius 1 is 1.09 bits per heavy atom. The number of amides is 1. The van der Waals surface area contributed by atoms with Crippen molar-refractivity contribution in [2.24, 2.45) is 0 Å². The molecule has 0 spiro atoms. The summed E-state index contributed by atoms with van der Waals surface area (Å²) in [5, 5.41) is 6.31. The van der Waals surface area contributed by atoms with Crippen molar-refractivity contribution in [1.29, 1.82) is 0 Å². The Balaban J connectivity index is 1.35. The van der Waals surface area contributed by atoms with Crippen LogP contribution >= 0.6 is 0 Å². The lowest BCUT2D eigenvalue weighted by molar-refractivity contribution is -0.118. The molecule has 34 heavy (non-hydrogen) atoms. The highest BCUT2D eigenvalue weighted by Gasteiger charge is 2.19. The average molecular weight is 457 g/mol. The van der Waals surface area contributed by atoms with Gasteiger partial charge in [0.25, 0.3) is 5.91 Å². The zero-order valence-corrected chi connectivity index (χ0v) is 18.7. The molecule has 172 valence electrons. The predicted octanol–water partition coefficient (Wildman–Crippen LogP) is 3.62. The van der Waals surface area contributed by atoms with Gasteiger partial charge < -0.3 is 25.0 Å². The number of anilines is 4. The number of hydrogen-bond donors (Lipinski definition) is 2. The summed E-state index contributed by atoms with van der Waals surface area (Å²) in [4.78, 5) is 23.6. The number of carbonyl (C=O) groups excluding carboxylic acids is 1. The molecule has 2 N–H and O–H groups in total. The van der Waals surface area contributed by atoms with Gasteiger partial charge in [-0.1, -0.05) is 0 Å². The minimum atomic E-state index is -0.165. The van der Waals surface area contributed by atoms with Gasteiger partial charge in [-0.05, 0) is 49.4 Å². The van der Waals surface area contributed by atoms with Crippen molar-refractivity contribution in [2.75, 3.05) is 48.4 Å². The number of aryl methyl sites for hydroxylation is 1. The first-order chi connectivity index (χ1) is 16.7. The van der Waals surface area contributed by atoms with Crippen molar-refractivity contribution < 1.29 is 14.3 Å². The summed E-state index contributed by atoms with van der Waals surface area (Å²) >= 11 is 0. The van der Waals surface area contributed by atoms with Gasteiger partial charge in [-0.3, -0.25) is 9.20 Å². The fourth-order valence-corrected chi connectivity index (χ4v) is 4.41. The van der Waals surface area contributed by atoms with Gasteiger partial charge in [0.1, 0.15) is 5.75 Å². The van der Waals surface area contributed by atoms with Crippen molar-refractivity contribution in [2.45, 2.75) is 6.92 Å². The third kappa shape index (κ3) is 3.69. The molecule has 0 atom stereocenters. The van der Waals surface area contributed by atoms with Crippen LogP contribution < -0.4 is 20.3 Å². The SMILES string of the molecule is Cc1c(-c2ccc3c(c2)NC(=O)CO3)nc(Nc2ccc(N3CCOCC3)cc2)c2nccn12. The topological polar surface area (TPSA) is 93.0 Å². The first-order valence-corrected chi connectivity index (χ1v) is 11.3. The van der Waals surface area contributed by atoms with E-state index >= 15 is 0 Å². The molecule has 9 heteroatoms. The molecule has 2 aromatic carbocycles. The third-order valence-electron chi connectivity index (χ3n) is 6.17. The van der Waals surface area contributed by atoms with Crippen LogP contribution in [0.3, 0.4) is 0 Å². The molecule has 2 aliphatic heterocycles. The molecule has 4 heterocycles. The van der Waals surface area contributed by atoms with Crippen LogP contribution in [-0.2, 0) is 9.53 Å². The average Bonchev–Trinajstić information content (AvgIpc) is 3.37. The zero-order chi connectivity index (χ0) is 23.1. The van der Waals surface area contributed by atoms with Gasteiger partial charge in [-0.25, -0.2) is 9.97 Å². The third-order valence-corrected chi connectivity index (χ3v) is 6.17. The Morgan fingerprint density at radius 3 is 2.74 bits per heavy atom. The zero-order valence-electron chi connectivity index (χ0n) is 18.7. The number of nitrogens with one attached hydrogen (secondary N) is 2. The van der Waals surface area contributed by atoms with E-state index in [9.17, 15) is 4.79 Å². The molecule has 2 aromatic heterocycles. The largest absolute Gasteiger partial charge is 0.482 e. The summed E-state index contributed by atoms with van der Waals surface area (Å²) in [6.07, 6.45) is 3.69. The fourth-order valence-electron chi connectivity index (χ4n) is 4.41. The lowest BCUT2D eigenvalue weighted by Gasteiger charge is -2.28. The quantitative estimate of drug-likeness (QED) is 0.485. The second kappa shape index (κ2) is 8.35. The van der Waals surface area contributed by atoms with Crippen LogP contribution in [0.15, 0.2) is 54.9 Å². The van der Waals surface area contributed by atoms with Gasteiger partial charge in [0.2, 0.25) is 0 Å². The second-order valence-electron chi connectivity index (χ2n) is 8.33. The first kappa shape index (κ1) is 20.5. The molecule has 0 radical (unpaired) electrons. The van der Waals surface area contributed by atoms with E-state index in [2.05, 4.69) is 44.8 Å². The molecule has 0 bridgehead atoms. The number of benzene rings is 2. The van der Waals surface area contributed by atoms with Crippen LogP contribution in [0.2, 0.25) is 0 Å². The van der Waals surface area contributed by atoms with Crippen molar-refractivity contribution in [3.63, 3.8) is 0 Å². The Labute approximate surface area is 196 Å². The summed E-state index contributed by atoms with van der Waals surface area (Å²) in [7, 11) is 0. The van der Waals surface area contributed by atoms with Gasteiger partial charge in [-0.15, -0.1) is 0 Å². The van der Waals surface area contributed by atoms with Crippen molar-refractivity contribution >= 4 is 34.4 Å². The number of morpholine rings is 1. The van der Waals surface area contributed by atoms with E-state index in [-0.39, 0.29) is 12.5 Å². The van der Waals surface area contributed by atoms with Crippen LogP contribution in [0.1, 0.15) is 5.69 Å². The first-order valence-electron chi connectivity index (χ1n) is 11.3. The molecular formula is C25H24N6O3. The number of fused-ring (bicyclic) bond motifs is 2. The highest BCUT2D eigenvalue weighted by Crippen LogP contribution is 2.34. The van der Waals surface area contributed by atoms with Crippen molar-refractivity contribution in [1.82, 2.24) is 14.4 Å². The number of aromatic nitrogens is 3. The molecule has 9 nitrogen and oxygen atoms in total. The van der Waals surface area contributed by atoms with E-state index in [1.165, 1.54) is 5.69 Å². The minimum Gasteiger partial charge on any atom is -0.482 e. The highest BCUT2D eigenvalue weighted by atomic mass is 16.5. The summed E-state index contributed by atoms with van der Waals surface area (Å²) in [6, 6.07) is 14.0. The monoisotopic (exact) mass is 456 g/mol. The van der Waals surface area contributed by atoms with Gasteiger partial charge >= 0.3 is 0 Å². The molecule has 1 amide bonds. The van der Waals surface area contributed by atoms with E-state index in [0.717, 1.165) is 54.6 Å². The molecule has 1 fully saturated rings. The maximum absolute atomic E-state index is 11.8. The number of rotatable bonds is 4. The molecule has 1 saturated heterocycles. The smallest absolute Gasteiger partial charge is 0.262 e. The van der Waals surface area contributed by atoms with Gasteiger partial charge in [0.05, 0.1) is 24.6 Å². The van der Waals surface area contributed by atoms with Crippen LogP contribution in [0.5, 0.6) is 5.75 Å². The van der Waals surface area contributed by atoms with Crippen molar-refractivity contribution in [3.05, 3.63) is 60.6 Å². The van der Waals surface area contributed by atoms with Crippen LogP contribution in [-0.4, -0.2) is 53.2 Å². The van der Waals surface area contributed by atoms with Crippen LogP contribution in [0.4, 0.5) is 22.9 Å². The van der Waals surface area contributed by atoms with Gasteiger partial charge in [0.15, 0.2) is 18.1 Å². The standard InChI is InChI=1S/C25H24N6O3/c1-16-23(17-2-7-21-20(14-17)28-22(32)15-34-21)29-24(25-26-8-9-31(16)25)27-18-3-5-19(6-4-18)30-10-12-33-13-11-30/h2-9,14H,10-13,15H2,1H3,(H,27,29)(H,28,32). The molecule has 0 saturated carbocycles. The van der Waals surface area contributed by atoms with E-state index < -0.39 is 0 Å². The molecule has 0 unspecified atom stereocenters. The van der Waals surface area contributed by atoms with Gasteiger partial charge in [-0.2, -0.15) is 0 Å². The van der Waals surface area contributed by atoms with Crippen LogP contribution in [0.25, 0.3) is 16.9 Å². The molecule has 2 aliphatic rings. The van der Waals surface area contributed by atoms with E-state index in [1.807, 2.05) is 35.7 Å². The van der Waals surface area contributed by atoms with E-state index in [4.69, 9.17) is 14.5 Å². The van der Waals surface area contributed by atoms with Crippen molar-refractivity contribution in [3.8, 4) is 17.0 Å². The minimum absolute atomic E-state index is 0.0308. The molecular weight excluding hydrogens is 432 g/mol. The summed E-state index contributed by atoms with van der Waals surface area (Å²) in [6.45, 7) is 5.35. The van der Waals surface area contributed by atoms with E-state index in [1.54, 1.807) is 6.20 Å². The summed E-state index contributed by atoms with van der Waals surface area (Å²) in [5.41, 5.74) is 6.11. The summed E-state index contributed by atoms with van der Waals surface area (Å²) in [5.74, 6) is 1.15. The maximum Gasteiger partial charge on any atom is 0.262 e. The fraction of sp³-hybridized carbons (Fsp3) is 0.240. The molecule has 6 rings (SSSR count). The number of carbonyl (C=O) groups is 1. The number of ether oxygens (including phenoxy) is 2. The maximum atomic E-state index is 11.8. The van der Waals surface area contributed by atoms with E-state index in [0.29, 0.717) is 17.3 Å². The van der Waals surface area contributed by atoms with Gasteiger partial charge in [0, 0.05) is 48.1 Å². The number of hydrogen-bond acceptors (Lipinski definition) is 7. The second-order valence-corrected chi connectivity index (χ2v) is 8.33. The Hall–Kier alpha value is -4.11. The highest BCUT2D eigenvalue weighted by molar-refractivity contribution is 5.96. The number of imidazole rings is 1. The predicted molar refractivity (Wildman–Crippen MR) is 130 cm³/mol. The molecule has 4 aromatic rings. The summed E-state index contributed by atoms with van der Waals surface area (Å²) < 4.78 is 13.0. The lowest BCUT2D eigenvalue weighted by atomic mass is 10.1. The Bertz CT molecular complexity index is 1380. The molecule has 0 aliphatic carbocycles. The normalized spacial score (nSPS) is 15.6.